The molecule has 5 nitrogen and oxygen atoms in total. The third-order valence-corrected chi connectivity index (χ3v) is 4.91. The summed E-state index contributed by atoms with van der Waals surface area (Å²) in [6.07, 6.45) is 2.09. The fraction of sp³-hybridized carbons (Fsp3) is 0.375. The first-order chi connectivity index (χ1) is 10.4. The highest BCUT2D eigenvalue weighted by Crippen LogP contribution is 2.25. The Kier molecular flexibility index (Phi) is 5.26. The molecule has 0 aliphatic heterocycles. The lowest BCUT2D eigenvalue weighted by Crippen LogP contribution is -2.26. The summed E-state index contributed by atoms with van der Waals surface area (Å²) in [4.78, 5) is 0.285. The lowest BCUT2D eigenvalue weighted by molar-refractivity contribution is 0.337. The molecular formula is C16H21NO4S. The molecule has 0 atom stereocenters. The number of furan rings is 1. The van der Waals surface area contributed by atoms with Crippen molar-refractivity contribution in [1.82, 2.24) is 4.72 Å². The largest absolute Gasteiger partial charge is 0.494 e. The zero-order valence-corrected chi connectivity index (χ0v) is 13.9. The van der Waals surface area contributed by atoms with Gasteiger partial charge in [-0.1, -0.05) is 0 Å². The smallest absolute Gasteiger partial charge is 0.240 e. The van der Waals surface area contributed by atoms with Gasteiger partial charge < -0.3 is 9.15 Å². The van der Waals surface area contributed by atoms with Gasteiger partial charge in [0.15, 0.2) is 0 Å². The second-order valence-electron chi connectivity index (χ2n) is 5.04. The van der Waals surface area contributed by atoms with Gasteiger partial charge in [-0.25, -0.2) is 13.1 Å². The molecule has 2 aromatic rings. The minimum absolute atomic E-state index is 0.285. The molecule has 22 heavy (non-hydrogen) atoms. The van der Waals surface area contributed by atoms with E-state index in [1.54, 1.807) is 31.4 Å². The van der Waals surface area contributed by atoms with Gasteiger partial charge in [0, 0.05) is 13.0 Å². The third kappa shape index (κ3) is 3.90. The first kappa shape index (κ1) is 16.6. The zero-order valence-electron chi connectivity index (χ0n) is 13.0. The molecule has 0 spiro atoms. The first-order valence-electron chi connectivity index (χ1n) is 7.20. The maximum Gasteiger partial charge on any atom is 0.240 e. The van der Waals surface area contributed by atoms with E-state index in [0.717, 1.165) is 17.1 Å². The quantitative estimate of drug-likeness (QED) is 0.851. The standard InChI is InChI=1S/C16H21NO4S/c1-4-20-15-10-13(3)16(11-12(15)2)22(18,19)17-8-7-14-6-5-9-21-14/h5-6,9-11,17H,4,7-8H2,1-3H3. The van der Waals surface area contributed by atoms with Crippen molar-refractivity contribution < 1.29 is 17.6 Å². The molecule has 0 fully saturated rings. The molecule has 0 unspecified atom stereocenters. The lowest BCUT2D eigenvalue weighted by atomic mass is 10.1. The molecular weight excluding hydrogens is 302 g/mol. The van der Waals surface area contributed by atoms with Crippen LogP contribution >= 0.6 is 0 Å². The molecule has 2 rings (SSSR count). The van der Waals surface area contributed by atoms with Gasteiger partial charge in [-0.2, -0.15) is 0 Å². The van der Waals surface area contributed by atoms with E-state index in [9.17, 15) is 8.42 Å². The molecule has 1 heterocycles. The zero-order chi connectivity index (χ0) is 16.2. The molecule has 0 bridgehead atoms. The van der Waals surface area contributed by atoms with Gasteiger partial charge in [0.05, 0.1) is 17.8 Å². The predicted octanol–water partition coefficient (Wildman–Crippen LogP) is 2.82. The number of hydrogen-bond acceptors (Lipinski definition) is 4. The van der Waals surface area contributed by atoms with E-state index >= 15 is 0 Å². The Morgan fingerprint density at radius 3 is 2.64 bits per heavy atom. The monoisotopic (exact) mass is 323 g/mol. The fourth-order valence-corrected chi connectivity index (χ4v) is 3.55. The topological polar surface area (TPSA) is 68.5 Å². The Morgan fingerprint density at radius 2 is 2.00 bits per heavy atom. The Morgan fingerprint density at radius 1 is 1.23 bits per heavy atom. The Bertz CT molecular complexity index is 721. The summed E-state index contributed by atoms with van der Waals surface area (Å²) in [5, 5.41) is 0. The molecule has 0 radical (unpaired) electrons. The Labute approximate surface area is 131 Å². The summed E-state index contributed by atoms with van der Waals surface area (Å²) in [5.41, 5.74) is 1.47. The molecule has 120 valence electrons. The van der Waals surface area contributed by atoms with Crippen molar-refractivity contribution in [1.29, 1.82) is 0 Å². The van der Waals surface area contributed by atoms with Crippen LogP contribution in [0.1, 0.15) is 23.8 Å². The minimum atomic E-state index is -3.55. The molecule has 1 N–H and O–H groups in total. The van der Waals surface area contributed by atoms with Crippen LogP contribution in [0.25, 0.3) is 0 Å². The van der Waals surface area contributed by atoms with Gasteiger partial charge in [0.2, 0.25) is 10.0 Å². The third-order valence-electron chi connectivity index (χ3n) is 3.31. The molecule has 0 saturated carbocycles. The molecule has 0 saturated heterocycles. The molecule has 6 heteroatoms. The average Bonchev–Trinajstić information content (AvgIpc) is 2.95. The van der Waals surface area contributed by atoms with E-state index in [-0.39, 0.29) is 4.90 Å². The summed E-state index contributed by atoms with van der Waals surface area (Å²) in [6.45, 7) is 6.35. The van der Waals surface area contributed by atoms with Crippen LogP contribution < -0.4 is 9.46 Å². The molecule has 0 amide bonds. The van der Waals surface area contributed by atoms with Crippen LogP contribution in [0.2, 0.25) is 0 Å². The van der Waals surface area contributed by atoms with E-state index in [4.69, 9.17) is 9.15 Å². The van der Waals surface area contributed by atoms with Crippen molar-refractivity contribution in [3.05, 3.63) is 47.4 Å². The number of nitrogens with one attached hydrogen (secondary N) is 1. The summed E-state index contributed by atoms with van der Waals surface area (Å²) in [5.74, 6) is 1.47. The summed E-state index contributed by atoms with van der Waals surface area (Å²) in [6, 6.07) is 7.01. The second kappa shape index (κ2) is 6.98. The van der Waals surface area contributed by atoms with Gasteiger partial charge >= 0.3 is 0 Å². The minimum Gasteiger partial charge on any atom is -0.494 e. The van der Waals surface area contributed by atoms with Crippen molar-refractivity contribution in [2.45, 2.75) is 32.1 Å². The normalized spacial score (nSPS) is 11.6. The van der Waals surface area contributed by atoms with E-state index in [2.05, 4.69) is 4.72 Å². The van der Waals surface area contributed by atoms with Crippen LogP contribution in [-0.2, 0) is 16.4 Å². The van der Waals surface area contributed by atoms with E-state index < -0.39 is 10.0 Å². The number of ether oxygens (including phenoxy) is 1. The predicted molar refractivity (Wildman–Crippen MR) is 84.7 cm³/mol. The van der Waals surface area contributed by atoms with Crippen LogP contribution in [-0.4, -0.2) is 21.6 Å². The fourth-order valence-electron chi connectivity index (χ4n) is 2.20. The van der Waals surface area contributed by atoms with Crippen molar-refractivity contribution in [3.63, 3.8) is 0 Å². The molecule has 0 aliphatic carbocycles. The second-order valence-corrected chi connectivity index (χ2v) is 6.78. The van der Waals surface area contributed by atoms with E-state index in [1.807, 2.05) is 19.9 Å². The van der Waals surface area contributed by atoms with E-state index in [0.29, 0.717) is 25.1 Å². The van der Waals surface area contributed by atoms with Gasteiger partial charge in [-0.15, -0.1) is 0 Å². The lowest BCUT2D eigenvalue weighted by Gasteiger charge is -2.13. The SMILES string of the molecule is CCOc1cc(C)c(S(=O)(=O)NCCc2ccco2)cc1C. The number of aryl methyl sites for hydroxylation is 2. The Hall–Kier alpha value is -1.79. The number of hydrogen-bond donors (Lipinski definition) is 1. The van der Waals surface area contributed by atoms with Gasteiger partial charge in [-0.3, -0.25) is 0 Å². The van der Waals surface area contributed by atoms with Gasteiger partial charge in [0.25, 0.3) is 0 Å². The van der Waals surface area contributed by atoms with E-state index in [1.165, 1.54) is 0 Å². The van der Waals surface area contributed by atoms with Crippen LogP contribution in [0.3, 0.4) is 0 Å². The highest BCUT2D eigenvalue weighted by atomic mass is 32.2. The maximum atomic E-state index is 12.4. The van der Waals surface area contributed by atoms with Gasteiger partial charge in [0.1, 0.15) is 11.5 Å². The number of rotatable bonds is 7. The maximum absolute atomic E-state index is 12.4. The first-order valence-corrected chi connectivity index (χ1v) is 8.68. The highest BCUT2D eigenvalue weighted by molar-refractivity contribution is 7.89. The van der Waals surface area contributed by atoms with Crippen LogP contribution in [0, 0.1) is 13.8 Å². The van der Waals surface area contributed by atoms with Crippen molar-refractivity contribution in [2.75, 3.05) is 13.2 Å². The number of benzene rings is 1. The molecule has 1 aromatic carbocycles. The van der Waals surface area contributed by atoms with Gasteiger partial charge in [-0.05, 0) is 56.2 Å². The van der Waals surface area contributed by atoms with Crippen LogP contribution in [0.4, 0.5) is 0 Å². The molecule has 0 aliphatic rings. The molecule has 1 aromatic heterocycles. The number of sulfonamides is 1. The highest BCUT2D eigenvalue weighted by Gasteiger charge is 2.18. The van der Waals surface area contributed by atoms with Crippen molar-refractivity contribution in [3.8, 4) is 5.75 Å². The van der Waals surface area contributed by atoms with Crippen LogP contribution in [0.15, 0.2) is 39.8 Å². The summed E-state index contributed by atoms with van der Waals surface area (Å²) < 4.78 is 38.1. The summed E-state index contributed by atoms with van der Waals surface area (Å²) in [7, 11) is -3.55. The average molecular weight is 323 g/mol. The Balaban J connectivity index is 2.13. The summed E-state index contributed by atoms with van der Waals surface area (Å²) >= 11 is 0. The van der Waals surface area contributed by atoms with Crippen molar-refractivity contribution >= 4 is 10.0 Å². The van der Waals surface area contributed by atoms with Crippen LogP contribution in [0.5, 0.6) is 5.75 Å². The van der Waals surface area contributed by atoms with Crippen molar-refractivity contribution in [2.24, 2.45) is 0 Å².